The van der Waals surface area contributed by atoms with Crippen LogP contribution in [0, 0.1) is 6.92 Å². The molecule has 1 N–H and O–H groups in total. The first-order chi connectivity index (χ1) is 7.87. The van der Waals surface area contributed by atoms with E-state index in [-0.39, 0.29) is 5.75 Å². The highest BCUT2D eigenvalue weighted by Gasteiger charge is 2.08. The highest BCUT2D eigenvalue weighted by Crippen LogP contribution is 2.10. The third-order valence-electron chi connectivity index (χ3n) is 2.61. The summed E-state index contributed by atoms with van der Waals surface area (Å²) in [5.74, 6) is 0.151. The van der Waals surface area contributed by atoms with Crippen molar-refractivity contribution in [3.8, 4) is 0 Å². The number of rotatable bonds is 6. The molecule has 1 aromatic rings. The Bertz CT molecular complexity index is 451. The lowest BCUT2D eigenvalue weighted by Crippen LogP contribution is -2.13. The van der Waals surface area contributed by atoms with Gasteiger partial charge in [-0.2, -0.15) is 0 Å². The summed E-state index contributed by atoms with van der Waals surface area (Å²) >= 11 is 0. The van der Waals surface area contributed by atoms with Gasteiger partial charge in [0.15, 0.2) is 0 Å². The Labute approximate surface area is 103 Å². The predicted molar refractivity (Wildman–Crippen MR) is 69.8 cm³/mol. The number of aliphatic hydroxyl groups is 1. The van der Waals surface area contributed by atoms with Crippen molar-refractivity contribution < 1.29 is 13.5 Å². The normalized spacial score (nSPS) is 13.6. The van der Waals surface area contributed by atoms with Gasteiger partial charge in [0.2, 0.25) is 0 Å². The summed E-state index contributed by atoms with van der Waals surface area (Å²) in [6.07, 6.45) is 2.40. The molecule has 4 heteroatoms. The van der Waals surface area contributed by atoms with Gasteiger partial charge in [-0.25, -0.2) is 8.42 Å². The second kappa shape index (κ2) is 6.17. The lowest BCUT2D eigenvalue weighted by molar-refractivity contribution is 0.164. The van der Waals surface area contributed by atoms with Gasteiger partial charge in [0, 0.05) is 12.0 Å². The van der Waals surface area contributed by atoms with Crippen LogP contribution in [0.5, 0.6) is 0 Å². The molecule has 0 radical (unpaired) electrons. The molecule has 1 unspecified atom stereocenters. The first kappa shape index (κ1) is 14.2. The first-order valence-corrected chi connectivity index (χ1v) is 7.84. The van der Waals surface area contributed by atoms with E-state index in [0.29, 0.717) is 19.3 Å². The Morgan fingerprint density at radius 1 is 1.35 bits per heavy atom. The van der Waals surface area contributed by atoms with Crippen LogP contribution in [-0.4, -0.2) is 31.6 Å². The molecule has 1 rings (SSSR count). The number of sulfone groups is 1. The quantitative estimate of drug-likeness (QED) is 0.843. The molecule has 0 saturated heterocycles. The van der Waals surface area contributed by atoms with Gasteiger partial charge in [-0.15, -0.1) is 0 Å². The van der Waals surface area contributed by atoms with Crippen LogP contribution in [0.4, 0.5) is 0 Å². The molecule has 0 fully saturated rings. The zero-order chi connectivity index (χ0) is 12.9. The number of hydrogen-bond donors (Lipinski definition) is 1. The molecule has 0 aromatic heterocycles. The van der Waals surface area contributed by atoms with E-state index < -0.39 is 15.9 Å². The van der Waals surface area contributed by atoms with Gasteiger partial charge < -0.3 is 5.11 Å². The highest BCUT2D eigenvalue weighted by atomic mass is 32.2. The topological polar surface area (TPSA) is 54.4 Å². The Hall–Kier alpha value is -0.870. The summed E-state index contributed by atoms with van der Waals surface area (Å²) in [6.45, 7) is 2.01. The standard InChI is InChI=1S/C13H20O3S/c1-11-5-3-6-12(9-11)10-13(14)7-4-8-17(2,15)16/h3,5-6,9,13-14H,4,7-8,10H2,1-2H3. The lowest BCUT2D eigenvalue weighted by Gasteiger charge is -2.10. The average Bonchev–Trinajstić information content (AvgIpc) is 2.15. The number of benzene rings is 1. The number of aryl methyl sites for hydroxylation is 1. The summed E-state index contributed by atoms with van der Waals surface area (Å²) in [5.41, 5.74) is 2.27. The summed E-state index contributed by atoms with van der Waals surface area (Å²) in [6, 6.07) is 8.00. The highest BCUT2D eigenvalue weighted by molar-refractivity contribution is 7.90. The fourth-order valence-electron chi connectivity index (χ4n) is 1.79. The monoisotopic (exact) mass is 256 g/mol. The molecule has 0 aliphatic heterocycles. The van der Waals surface area contributed by atoms with Crippen LogP contribution in [0.3, 0.4) is 0 Å². The Morgan fingerprint density at radius 3 is 2.65 bits per heavy atom. The van der Waals surface area contributed by atoms with Crippen molar-refractivity contribution in [1.29, 1.82) is 0 Å². The van der Waals surface area contributed by atoms with Gasteiger partial charge >= 0.3 is 0 Å². The SMILES string of the molecule is Cc1cccc(CC(O)CCCS(C)(=O)=O)c1. The second-order valence-electron chi connectivity index (χ2n) is 4.62. The molecule has 96 valence electrons. The van der Waals surface area contributed by atoms with Gasteiger partial charge in [-0.3, -0.25) is 0 Å². The van der Waals surface area contributed by atoms with Gasteiger partial charge in [-0.1, -0.05) is 29.8 Å². The molecular weight excluding hydrogens is 236 g/mol. The molecule has 3 nitrogen and oxygen atoms in total. The van der Waals surface area contributed by atoms with E-state index in [4.69, 9.17) is 0 Å². The summed E-state index contributed by atoms with van der Waals surface area (Å²) in [7, 11) is -2.91. The maximum atomic E-state index is 10.9. The average molecular weight is 256 g/mol. The van der Waals surface area contributed by atoms with Crippen molar-refractivity contribution >= 4 is 9.84 Å². The van der Waals surface area contributed by atoms with Crippen molar-refractivity contribution in [2.24, 2.45) is 0 Å². The molecule has 17 heavy (non-hydrogen) atoms. The third kappa shape index (κ3) is 6.44. The molecule has 0 amide bonds. The zero-order valence-corrected chi connectivity index (χ0v) is 11.2. The molecule has 1 atom stereocenters. The second-order valence-corrected chi connectivity index (χ2v) is 6.88. The molecule has 1 aromatic carbocycles. The van der Waals surface area contributed by atoms with E-state index in [1.54, 1.807) is 0 Å². The maximum absolute atomic E-state index is 10.9. The van der Waals surface area contributed by atoms with Gasteiger partial charge in [0.1, 0.15) is 9.84 Å². The van der Waals surface area contributed by atoms with Crippen LogP contribution in [0.2, 0.25) is 0 Å². The van der Waals surface area contributed by atoms with E-state index in [1.165, 1.54) is 11.8 Å². The minimum absolute atomic E-state index is 0.151. The van der Waals surface area contributed by atoms with Crippen LogP contribution in [-0.2, 0) is 16.3 Å². The van der Waals surface area contributed by atoms with Crippen LogP contribution in [0.15, 0.2) is 24.3 Å². The predicted octanol–water partition coefficient (Wildman–Crippen LogP) is 1.72. The largest absolute Gasteiger partial charge is 0.393 e. The van der Waals surface area contributed by atoms with E-state index in [2.05, 4.69) is 0 Å². The maximum Gasteiger partial charge on any atom is 0.147 e. The minimum atomic E-state index is -2.91. The Balaban J connectivity index is 2.37. The summed E-state index contributed by atoms with van der Waals surface area (Å²) in [4.78, 5) is 0. The summed E-state index contributed by atoms with van der Waals surface area (Å²) < 4.78 is 21.9. The van der Waals surface area contributed by atoms with Crippen molar-refractivity contribution in [3.63, 3.8) is 0 Å². The minimum Gasteiger partial charge on any atom is -0.393 e. The molecule has 0 aliphatic rings. The first-order valence-electron chi connectivity index (χ1n) is 5.78. The molecule has 0 heterocycles. The van der Waals surface area contributed by atoms with Gasteiger partial charge in [-0.05, 0) is 31.7 Å². The van der Waals surface area contributed by atoms with Gasteiger partial charge in [0.25, 0.3) is 0 Å². The van der Waals surface area contributed by atoms with Crippen LogP contribution >= 0.6 is 0 Å². The van der Waals surface area contributed by atoms with Crippen LogP contribution < -0.4 is 0 Å². The fourth-order valence-corrected chi connectivity index (χ4v) is 2.49. The molecule has 0 saturated carbocycles. The van der Waals surface area contributed by atoms with E-state index >= 15 is 0 Å². The van der Waals surface area contributed by atoms with Crippen LogP contribution in [0.1, 0.15) is 24.0 Å². The van der Waals surface area contributed by atoms with Crippen molar-refractivity contribution in [3.05, 3.63) is 35.4 Å². The lowest BCUT2D eigenvalue weighted by atomic mass is 10.0. The van der Waals surface area contributed by atoms with E-state index in [1.807, 2.05) is 31.2 Å². The molecule has 0 aliphatic carbocycles. The molecule has 0 spiro atoms. The Morgan fingerprint density at radius 2 is 2.06 bits per heavy atom. The summed E-state index contributed by atoms with van der Waals surface area (Å²) in [5, 5.41) is 9.80. The fraction of sp³-hybridized carbons (Fsp3) is 0.538. The van der Waals surface area contributed by atoms with Crippen molar-refractivity contribution in [2.45, 2.75) is 32.3 Å². The van der Waals surface area contributed by atoms with E-state index in [0.717, 1.165) is 5.56 Å². The van der Waals surface area contributed by atoms with Crippen LogP contribution in [0.25, 0.3) is 0 Å². The smallest absolute Gasteiger partial charge is 0.147 e. The van der Waals surface area contributed by atoms with Crippen molar-refractivity contribution in [1.82, 2.24) is 0 Å². The third-order valence-corrected chi connectivity index (χ3v) is 3.64. The zero-order valence-electron chi connectivity index (χ0n) is 10.4. The van der Waals surface area contributed by atoms with Crippen molar-refractivity contribution in [2.75, 3.05) is 12.0 Å². The van der Waals surface area contributed by atoms with Gasteiger partial charge in [0.05, 0.1) is 6.10 Å². The number of aliphatic hydroxyl groups excluding tert-OH is 1. The van der Waals surface area contributed by atoms with E-state index in [9.17, 15) is 13.5 Å². The molecular formula is C13H20O3S. The molecule has 0 bridgehead atoms. The number of hydrogen-bond acceptors (Lipinski definition) is 3. The Kier molecular flexibility index (Phi) is 5.15.